The summed E-state index contributed by atoms with van der Waals surface area (Å²) in [5.74, 6) is -1.08. The number of nitrogens with zero attached hydrogens (tertiary/aromatic N) is 3. The second-order valence-corrected chi connectivity index (χ2v) is 6.30. The van der Waals surface area contributed by atoms with Crippen molar-refractivity contribution in [1.29, 1.82) is 0 Å². The van der Waals surface area contributed by atoms with Gasteiger partial charge in [0, 0.05) is 12.7 Å². The van der Waals surface area contributed by atoms with E-state index in [0.717, 1.165) is 17.7 Å². The van der Waals surface area contributed by atoms with E-state index in [4.69, 9.17) is 4.74 Å². The van der Waals surface area contributed by atoms with Crippen molar-refractivity contribution in [3.63, 3.8) is 0 Å². The van der Waals surface area contributed by atoms with Gasteiger partial charge in [0.05, 0.1) is 18.2 Å². The number of hydrogen-bond acceptors (Lipinski definition) is 4. The number of amides is 1. The predicted octanol–water partition coefficient (Wildman–Crippen LogP) is 3.61. The van der Waals surface area contributed by atoms with Gasteiger partial charge in [0.15, 0.2) is 23.1 Å². The first kappa shape index (κ1) is 18.5. The Morgan fingerprint density at radius 2 is 1.90 bits per heavy atom. The lowest BCUT2D eigenvalue weighted by molar-refractivity contribution is 0.0950. The summed E-state index contributed by atoms with van der Waals surface area (Å²) < 4.78 is 33.4. The van der Waals surface area contributed by atoms with Crippen LogP contribution in [0.4, 0.5) is 8.78 Å². The summed E-state index contributed by atoms with van der Waals surface area (Å²) in [6.07, 6.45) is 1.62. The number of carbonyl (C=O) groups is 1. The second kappa shape index (κ2) is 7.67. The molecule has 0 bridgehead atoms. The molecule has 0 fully saturated rings. The molecule has 29 heavy (non-hydrogen) atoms. The summed E-state index contributed by atoms with van der Waals surface area (Å²) >= 11 is 0. The zero-order valence-corrected chi connectivity index (χ0v) is 15.4. The molecule has 0 radical (unpaired) electrons. The minimum atomic E-state index is -0.955. The molecule has 4 aromatic rings. The summed E-state index contributed by atoms with van der Waals surface area (Å²) in [4.78, 5) is 12.5. The van der Waals surface area contributed by atoms with Crippen LogP contribution in [0.1, 0.15) is 15.9 Å². The molecule has 2 aromatic carbocycles. The number of pyridine rings is 1. The smallest absolute Gasteiger partial charge is 0.253 e. The van der Waals surface area contributed by atoms with Crippen LogP contribution >= 0.6 is 0 Å². The van der Waals surface area contributed by atoms with E-state index in [-0.39, 0.29) is 12.5 Å². The maximum atomic E-state index is 13.3. The number of hydrogen-bond donors (Lipinski definition) is 1. The zero-order chi connectivity index (χ0) is 20.4. The van der Waals surface area contributed by atoms with E-state index in [9.17, 15) is 13.6 Å². The molecular formula is C21H16F2N4O2. The monoisotopic (exact) mass is 394 g/mol. The number of nitrogens with one attached hydrogen (secondary N) is 1. The van der Waals surface area contributed by atoms with Crippen LogP contribution in [-0.2, 0) is 6.54 Å². The first-order valence-corrected chi connectivity index (χ1v) is 8.77. The lowest BCUT2D eigenvalue weighted by Crippen LogP contribution is -2.23. The first-order chi connectivity index (χ1) is 14.1. The van der Waals surface area contributed by atoms with Crippen molar-refractivity contribution < 1.29 is 18.3 Å². The van der Waals surface area contributed by atoms with Crippen LogP contribution in [0.3, 0.4) is 0 Å². The molecule has 0 aliphatic heterocycles. The first-order valence-electron chi connectivity index (χ1n) is 8.77. The SMILES string of the molecule is COc1ccccc1-c1nnc2ccc(C(=O)NCc3ccc(F)c(F)c3)cn12. The molecule has 2 aromatic heterocycles. The van der Waals surface area contributed by atoms with E-state index in [2.05, 4.69) is 15.5 Å². The molecule has 8 heteroatoms. The fourth-order valence-corrected chi connectivity index (χ4v) is 2.97. The van der Waals surface area contributed by atoms with Crippen molar-refractivity contribution in [2.45, 2.75) is 6.54 Å². The van der Waals surface area contributed by atoms with Crippen molar-refractivity contribution in [2.24, 2.45) is 0 Å². The summed E-state index contributed by atoms with van der Waals surface area (Å²) in [5.41, 5.74) is 2.14. The normalized spacial score (nSPS) is 10.9. The van der Waals surface area contributed by atoms with Gasteiger partial charge in [0.1, 0.15) is 5.75 Å². The molecule has 0 saturated carbocycles. The molecule has 0 unspecified atom stereocenters. The fraction of sp³-hybridized carbons (Fsp3) is 0.0952. The van der Waals surface area contributed by atoms with Crippen LogP contribution in [0.15, 0.2) is 60.8 Å². The third-order valence-electron chi connectivity index (χ3n) is 4.45. The fourth-order valence-electron chi connectivity index (χ4n) is 2.97. The Kier molecular flexibility index (Phi) is 4.90. The number of para-hydroxylation sites is 1. The Bertz CT molecular complexity index is 1210. The minimum absolute atomic E-state index is 0.0651. The standard InChI is InChI=1S/C21H16F2N4O2/c1-29-18-5-3-2-4-15(18)20-26-25-19-9-7-14(12-27(19)20)21(28)24-11-13-6-8-16(22)17(23)10-13/h2-10,12H,11H2,1H3,(H,24,28). The quantitative estimate of drug-likeness (QED) is 0.562. The average Bonchev–Trinajstić information content (AvgIpc) is 3.17. The molecule has 6 nitrogen and oxygen atoms in total. The van der Waals surface area contributed by atoms with E-state index in [1.54, 1.807) is 29.8 Å². The Morgan fingerprint density at radius 3 is 2.69 bits per heavy atom. The number of ether oxygens (including phenoxy) is 1. The van der Waals surface area contributed by atoms with Gasteiger partial charge in [-0.2, -0.15) is 0 Å². The van der Waals surface area contributed by atoms with E-state index < -0.39 is 11.6 Å². The Labute approximate surface area is 164 Å². The number of methoxy groups -OCH3 is 1. The predicted molar refractivity (Wildman–Crippen MR) is 103 cm³/mol. The summed E-state index contributed by atoms with van der Waals surface area (Å²) in [6.45, 7) is 0.0651. The van der Waals surface area contributed by atoms with E-state index >= 15 is 0 Å². The third kappa shape index (κ3) is 3.64. The van der Waals surface area contributed by atoms with Gasteiger partial charge >= 0.3 is 0 Å². The number of rotatable bonds is 5. The molecule has 0 aliphatic rings. The van der Waals surface area contributed by atoms with E-state index in [1.807, 2.05) is 24.3 Å². The molecule has 1 amide bonds. The number of benzene rings is 2. The van der Waals surface area contributed by atoms with Crippen molar-refractivity contribution >= 4 is 11.6 Å². The van der Waals surface area contributed by atoms with Crippen LogP contribution in [0.2, 0.25) is 0 Å². The summed E-state index contributed by atoms with van der Waals surface area (Å²) in [6, 6.07) is 14.2. The van der Waals surface area contributed by atoms with E-state index in [0.29, 0.717) is 28.3 Å². The van der Waals surface area contributed by atoms with Gasteiger partial charge in [0.25, 0.3) is 5.91 Å². The van der Waals surface area contributed by atoms with Crippen LogP contribution in [0, 0.1) is 11.6 Å². The van der Waals surface area contributed by atoms with E-state index in [1.165, 1.54) is 6.07 Å². The highest BCUT2D eigenvalue weighted by Crippen LogP contribution is 2.28. The number of halogens is 2. The molecule has 146 valence electrons. The van der Waals surface area contributed by atoms with Crippen LogP contribution in [0.5, 0.6) is 5.75 Å². The highest BCUT2D eigenvalue weighted by molar-refractivity contribution is 5.94. The van der Waals surface area contributed by atoms with Gasteiger partial charge in [-0.1, -0.05) is 18.2 Å². The van der Waals surface area contributed by atoms with Gasteiger partial charge in [-0.25, -0.2) is 8.78 Å². The van der Waals surface area contributed by atoms with Gasteiger partial charge in [-0.3, -0.25) is 9.20 Å². The minimum Gasteiger partial charge on any atom is -0.496 e. The van der Waals surface area contributed by atoms with Crippen LogP contribution in [-0.4, -0.2) is 27.6 Å². The Balaban J connectivity index is 1.61. The number of carbonyl (C=O) groups excluding carboxylic acids is 1. The highest BCUT2D eigenvalue weighted by Gasteiger charge is 2.15. The zero-order valence-electron chi connectivity index (χ0n) is 15.4. The second-order valence-electron chi connectivity index (χ2n) is 6.30. The van der Waals surface area contributed by atoms with Gasteiger partial charge < -0.3 is 10.1 Å². The Hall–Kier alpha value is -3.81. The lowest BCUT2D eigenvalue weighted by Gasteiger charge is -2.08. The Morgan fingerprint density at radius 1 is 1.07 bits per heavy atom. The molecule has 0 atom stereocenters. The molecule has 4 rings (SSSR count). The molecule has 0 spiro atoms. The van der Waals surface area contributed by atoms with Gasteiger partial charge in [-0.15, -0.1) is 10.2 Å². The van der Waals surface area contributed by atoms with Crippen molar-refractivity contribution in [3.8, 4) is 17.1 Å². The number of aromatic nitrogens is 3. The van der Waals surface area contributed by atoms with Gasteiger partial charge in [0.2, 0.25) is 0 Å². The largest absolute Gasteiger partial charge is 0.496 e. The molecular weight excluding hydrogens is 378 g/mol. The lowest BCUT2D eigenvalue weighted by atomic mass is 10.2. The molecule has 1 N–H and O–H groups in total. The molecule has 2 heterocycles. The maximum Gasteiger partial charge on any atom is 0.253 e. The molecule has 0 saturated heterocycles. The maximum absolute atomic E-state index is 13.3. The summed E-state index contributed by atoms with van der Waals surface area (Å²) in [5, 5.41) is 11.0. The van der Waals surface area contributed by atoms with Crippen LogP contribution < -0.4 is 10.1 Å². The van der Waals surface area contributed by atoms with Crippen LogP contribution in [0.25, 0.3) is 17.0 Å². The van der Waals surface area contributed by atoms with Crippen molar-refractivity contribution in [1.82, 2.24) is 19.9 Å². The average molecular weight is 394 g/mol. The van der Waals surface area contributed by atoms with Crippen molar-refractivity contribution in [2.75, 3.05) is 7.11 Å². The third-order valence-corrected chi connectivity index (χ3v) is 4.45. The molecule has 0 aliphatic carbocycles. The number of fused-ring (bicyclic) bond motifs is 1. The van der Waals surface area contributed by atoms with Crippen molar-refractivity contribution in [3.05, 3.63) is 83.6 Å². The topological polar surface area (TPSA) is 68.5 Å². The highest BCUT2D eigenvalue weighted by atomic mass is 19.2. The summed E-state index contributed by atoms with van der Waals surface area (Å²) in [7, 11) is 1.57. The van der Waals surface area contributed by atoms with Gasteiger partial charge in [-0.05, 0) is 42.0 Å².